The largest absolute Gasteiger partial charge is 0.618 e. The third-order valence-electron chi connectivity index (χ3n) is 2.58. The van der Waals surface area contributed by atoms with E-state index in [1.165, 1.54) is 0 Å². The second-order valence-electron chi connectivity index (χ2n) is 3.83. The van der Waals surface area contributed by atoms with Crippen molar-refractivity contribution in [3.05, 3.63) is 34.9 Å². The number of fused-ring (bicyclic) bond motifs is 1. The Labute approximate surface area is 88.9 Å². The average Bonchev–Trinajstić information content (AvgIpc) is 2.64. The van der Waals surface area contributed by atoms with E-state index in [0.717, 1.165) is 29.8 Å². The zero-order valence-electron chi connectivity index (χ0n) is 9.12. The maximum absolute atomic E-state index is 11.7. The molecule has 0 aromatic carbocycles. The van der Waals surface area contributed by atoms with E-state index in [-0.39, 0.29) is 0 Å². The van der Waals surface area contributed by atoms with Crippen LogP contribution in [-0.2, 0) is 6.42 Å². The molecular weight excluding hydrogens is 190 g/mol. The minimum absolute atomic E-state index is 0.640. The molecule has 80 valence electrons. The number of aromatic nitrogens is 1. The first-order valence-electron chi connectivity index (χ1n) is 5.34. The molecule has 0 unspecified atom stereocenters. The summed E-state index contributed by atoms with van der Waals surface area (Å²) in [7, 11) is 0. The second kappa shape index (κ2) is 3.93. The number of unbranched alkanes of at least 4 members (excludes halogenated alkanes) is 1. The lowest BCUT2D eigenvalue weighted by atomic mass is 10.2. The van der Waals surface area contributed by atoms with Gasteiger partial charge in [0, 0.05) is 19.4 Å². The maximum atomic E-state index is 11.7. The van der Waals surface area contributed by atoms with Crippen LogP contribution in [0.15, 0.2) is 22.6 Å². The highest BCUT2D eigenvalue weighted by Gasteiger charge is 2.12. The van der Waals surface area contributed by atoms with Crippen molar-refractivity contribution in [1.82, 2.24) is 0 Å². The molecule has 3 heteroatoms. The molecule has 2 heterocycles. The average molecular weight is 205 g/mol. The fraction of sp³-hybridized carbons (Fsp3) is 0.417. The standard InChI is InChI=1S/C12H15NO2/c1-3-4-5-10-8-11-12(15-10)7-6-9(2)13(11)14/h6-8H,3-5H2,1-2H3. The summed E-state index contributed by atoms with van der Waals surface area (Å²) in [6.45, 7) is 3.94. The van der Waals surface area contributed by atoms with Crippen LogP contribution in [0, 0.1) is 12.1 Å². The molecule has 0 saturated heterocycles. The van der Waals surface area contributed by atoms with Gasteiger partial charge in [-0.25, -0.2) is 0 Å². The van der Waals surface area contributed by atoms with Gasteiger partial charge in [0.05, 0.1) is 6.07 Å². The van der Waals surface area contributed by atoms with E-state index in [1.54, 1.807) is 13.0 Å². The van der Waals surface area contributed by atoms with Crippen molar-refractivity contribution in [2.24, 2.45) is 0 Å². The predicted molar refractivity (Wildman–Crippen MR) is 58.5 cm³/mol. The minimum atomic E-state index is 0.640. The Morgan fingerprint density at radius 2 is 2.20 bits per heavy atom. The summed E-state index contributed by atoms with van der Waals surface area (Å²) in [6.07, 6.45) is 3.13. The lowest BCUT2D eigenvalue weighted by Crippen LogP contribution is -2.29. The van der Waals surface area contributed by atoms with Gasteiger partial charge in [0.25, 0.3) is 5.52 Å². The Hall–Kier alpha value is -1.51. The van der Waals surface area contributed by atoms with Crippen LogP contribution in [0.4, 0.5) is 0 Å². The molecule has 0 amide bonds. The molecule has 0 bridgehead atoms. The first-order valence-corrected chi connectivity index (χ1v) is 5.34. The molecule has 2 rings (SSSR count). The van der Waals surface area contributed by atoms with Gasteiger partial charge in [-0.3, -0.25) is 0 Å². The number of rotatable bonds is 3. The third kappa shape index (κ3) is 1.82. The molecule has 2 aromatic rings. The molecule has 15 heavy (non-hydrogen) atoms. The van der Waals surface area contributed by atoms with E-state index in [0.29, 0.717) is 16.8 Å². The van der Waals surface area contributed by atoms with Gasteiger partial charge in [-0.05, 0) is 12.5 Å². The van der Waals surface area contributed by atoms with Crippen LogP contribution in [0.1, 0.15) is 31.2 Å². The summed E-state index contributed by atoms with van der Waals surface area (Å²) in [5, 5.41) is 11.7. The van der Waals surface area contributed by atoms with E-state index in [9.17, 15) is 5.21 Å². The van der Waals surface area contributed by atoms with Crippen LogP contribution < -0.4 is 4.73 Å². The summed E-state index contributed by atoms with van der Waals surface area (Å²) in [5.41, 5.74) is 2.02. The molecular formula is C12H15NO2. The number of hydrogen-bond donors (Lipinski definition) is 0. The van der Waals surface area contributed by atoms with Crippen LogP contribution in [0.2, 0.25) is 0 Å². The normalized spacial score (nSPS) is 11.1. The van der Waals surface area contributed by atoms with Crippen molar-refractivity contribution in [2.75, 3.05) is 0 Å². The molecule has 0 aliphatic rings. The van der Waals surface area contributed by atoms with Crippen LogP contribution in [-0.4, -0.2) is 0 Å². The summed E-state index contributed by atoms with van der Waals surface area (Å²) < 4.78 is 6.51. The van der Waals surface area contributed by atoms with E-state index in [2.05, 4.69) is 6.92 Å². The zero-order valence-corrected chi connectivity index (χ0v) is 9.12. The van der Waals surface area contributed by atoms with Crippen molar-refractivity contribution < 1.29 is 9.15 Å². The number of hydrogen-bond acceptors (Lipinski definition) is 2. The molecule has 0 fully saturated rings. The Kier molecular flexibility index (Phi) is 2.62. The summed E-state index contributed by atoms with van der Waals surface area (Å²) in [5.74, 6) is 0.905. The highest BCUT2D eigenvalue weighted by atomic mass is 16.5. The van der Waals surface area contributed by atoms with Crippen LogP contribution in [0.3, 0.4) is 0 Å². The van der Waals surface area contributed by atoms with Crippen molar-refractivity contribution in [3.63, 3.8) is 0 Å². The third-order valence-corrected chi connectivity index (χ3v) is 2.58. The predicted octanol–water partition coefficient (Wildman–Crippen LogP) is 2.72. The molecule has 0 N–H and O–H groups in total. The Balaban J connectivity index is 2.42. The summed E-state index contributed by atoms with van der Waals surface area (Å²) >= 11 is 0. The number of furan rings is 1. The van der Waals surface area contributed by atoms with Gasteiger partial charge in [0.15, 0.2) is 11.3 Å². The molecule has 0 spiro atoms. The molecule has 0 aliphatic heterocycles. The molecule has 3 nitrogen and oxygen atoms in total. The molecule has 0 saturated carbocycles. The fourth-order valence-electron chi connectivity index (χ4n) is 1.65. The Bertz CT molecular complexity index is 474. The molecule has 0 radical (unpaired) electrons. The van der Waals surface area contributed by atoms with Crippen LogP contribution in [0.5, 0.6) is 0 Å². The monoisotopic (exact) mass is 205 g/mol. The van der Waals surface area contributed by atoms with Gasteiger partial charge in [-0.1, -0.05) is 13.3 Å². The highest BCUT2D eigenvalue weighted by Crippen LogP contribution is 2.17. The quantitative estimate of drug-likeness (QED) is 0.571. The van der Waals surface area contributed by atoms with Crippen molar-refractivity contribution >= 4 is 11.1 Å². The number of aryl methyl sites for hydroxylation is 2. The van der Waals surface area contributed by atoms with E-state index in [4.69, 9.17) is 4.42 Å². The Morgan fingerprint density at radius 1 is 1.40 bits per heavy atom. The van der Waals surface area contributed by atoms with Gasteiger partial charge in [0.1, 0.15) is 5.76 Å². The lowest BCUT2D eigenvalue weighted by Gasteiger charge is -1.98. The van der Waals surface area contributed by atoms with Crippen molar-refractivity contribution in [1.29, 1.82) is 0 Å². The van der Waals surface area contributed by atoms with E-state index < -0.39 is 0 Å². The topological polar surface area (TPSA) is 40.1 Å². The molecule has 0 atom stereocenters. The molecule has 2 aromatic heterocycles. The van der Waals surface area contributed by atoms with Crippen molar-refractivity contribution in [2.45, 2.75) is 33.1 Å². The van der Waals surface area contributed by atoms with E-state index in [1.807, 2.05) is 12.1 Å². The zero-order chi connectivity index (χ0) is 10.8. The van der Waals surface area contributed by atoms with Gasteiger partial charge < -0.3 is 9.62 Å². The second-order valence-corrected chi connectivity index (χ2v) is 3.83. The molecule has 0 aliphatic carbocycles. The number of nitrogens with zero attached hydrogens (tertiary/aromatic N) is 1. The smallest absolute Gasteiger partial charge is 0.263 e. The first kappa shape index (κ1) is 10.0. The number of pyridine rings is 1. The highest BCUT2D eigenvalue weighted by molar-refractivity contribution is 5.69. The van der Waals surface area contributed by atoms with E-state index >= 15 is 0 Å². The van der Waals surface area contributed by atoms with Crippen molar-refractivity contribution in [3.8, 4) is 0 Å². The fourth-order valence-corrected chi connectivity index (χ4v) is 1.65. The SMILES string of the molecule is CCCCc1cc2c(ccc(C)[n+]2[O-])o1. The minimum Gasteiger partial charge on any atom is -0.618 e. The van der Waals surface area contributed by atoms with Crippen LogP contribution >= 0.6 is 0 Å². The van der Waals surface area contributed by atoms with Gasteiger partial charge in [0.2, 0.25) is 0 Å². The first-order chi connectivity index (χ1) is 7.22. The Morgan fingerprint density at radius 3 is 2.93 bits per heavy atom. The van der Waals surface area contributed by atoms with Gasteiger partial charge >= 0.3 is 0 Å². The van der Waals surface area contributed by atoms with Gasteiger partial charge in [-0.15, -0.1) is 0 Å². The van der Waals surface area contributed by atoms with Crippen LogP contribution in [0.25, 0.3) is 11.1 Å². The lowest BCUT2D eigenvalue weighted by molar-refractivity contribution is -0.584. The summed E-state index contributed by atoms with van der Waals surface area (Å²) in [6, 6.07) is 5.49. The van der Waals surface area contributed by atoms with Gasteiger partial charge in [-0.2, -0.15) is 4.73 Å². The maximum Gasteiger partial charge on any atom is 0.263 e. The summed E-state index contributed by atoms with van der Waals surface area (Å²) in [4.78, 5) is 0.